The van der Waals surface area contributed by atoms with Crippen molar-refractivity contribution >= 4 is 11.9 Å². The highest BCUT2D eigenvalue weighted by Crippen LogP contribution is 2.19. The molecule has 1 aromatic heterocycles. The molecule has 0 saturated carbocycles. The van der Waals surface area contributed by atoms with Crippen molar-refractivity contribution in [2.45, 2.75) is 25.5 Å². The van der Waals surface area contributed by atoms with Crippen molar-refractivity contribution in [3.8, 4) is 5.75 Å². The van der Waals surface area contributed by atoms with Gasteiger partial charge in [0.2, 0.25) is 0 Å². The number of benzene rings is 1. The zero-order valence-electron chi connectivity index (χ0n) is 14.2. The minimum Gasteiger partial charge on any atom is -0.486 e. The molecular formula is C18H19N3O5. The lowest BCUT2D eigenvalue weighted by atomic mass is 10.1. The first-order chi connectivity index (χ1) is 12.5. The number of hydrogen-bond acceptors (Lipinski definition) is 6. The molecule has 1 aromatic carbocycles. The Morgan fingerprint density at radius 3 is 2.65 bits per heavy atom. The predicted molar refractivity (Wildman–Crippen MR) is 91.3 cm³/mol. The number of aromatic carboxylic acids is 1. The van der Waals surface area contributed by atoms with E-state index in [1.807, 2.05) is 0 Å². The molecule has 2 N–H and O–H groups in total. The van der Waals surface area contributed by atoms with Crippen LogP contribution < -0.4 is 10.1 Å². The smallest absolute Gasteiger partial charge is 0.335 e. The summed E-state index contributed by atoms with van der Waals surface area (Å²) in [5, 5.41) is 11.9. The highest BCUT2D eigenvalue weighted by atomic mass is 16.5. The number of carbonyl (C=O) groups excluding carboxylic acids is 1. The summed E-state index contributed by atoms with van der Waals surface area (Å²) in [5.41, 5.74) is 1.16. The number of ether oxygens (including phenoxy) is 2. The van der Waals surface area contributed by atoms with Gasteiger partial charge in [-0.2, -0.15) is 0 Å². The molecule has 2 atom stereocenters. The predicted octanol–water partition coefficient (Wildman–Crippen LogP) is 1.45. The molecule has 0 spiro atoms. The third-order valence-electron chi connectivity index (χ3n) is 4.02. The second-order valence-corrected chi connectivity index (χ2v) is 5.97. The summed E-state index contributed by atoms with van der Waals surface area (Å²) in [6.45, 7) is 2.64. The van der Waals surface area contributed by atoms with E-state index in [0.717, 1.165) is 5.69 Å². The second-order valence-electron chi connectivity index (χ2n) is 5.97. The first-order valence-electron chi connectivity index (χ1n) is 8.20. The topological polar surface area (TPSA) is 111 Å². The maximum atomic E-state index is 12.4. The van der Waals surface area contributed by atoms with Gasteiger partial charge in [-0.15, -0.1) is 0 Å². The van der Waals surface area contributed by atoms with Crippen LogP contribution in [0.5, 0.6) is 5.75 Å². The molecule has 8 heteroatoms. The summed E-state index contributed by atoms with van der Waals surface area (Å²) >= 11 is 0. The van der Waals surface area contributed by atoms with Crippen molar-refractivity contribution in [1.82, 2.24) is 15.3 Å². The van der Waals surface area contributed by atoms with Crippen molar-refractivity contribution in [3.05, 3.63) is 53.6 Å². The van der Waals surface area contributed by atoms with E-state index in [2.05, 4.69) is 15.3 Å². The SMILES string of the molecule is Cc1cnc(C(=O)N[C@@H]2CCOC[C@H]2Oc2ccc(C(=O)O)cc2)cn1. The minimum atomic E-state index is -0.998. The summed E-state index contributed by atoms with van der Waals surface area (Å²) in [7, 11) is 0. The van der Waals surface area contributed by atoms with Gasteiger partial charge in [-0.1, -0.05) is 0 Å². The molecule has 0 radical (unpaired) electrons. The molecule has 1 aliphatic heterocycles. The molecule has 1 aliphatic rings. The van der Waals surface area contributed by atoms with Gasteiger partial charge in [0.05, 0.1) is 30.1 Å². The van der Waals surface area contributed by atoms with E-state index < -0.39 is 5.97 Å². The van der Waals surface area contributed by atoms with Crippen molar-refractivity contribution < 1.29 is 24.2 Å². The summed E-state index contributed by atoms with van der Waals surface area (Å²) in [4.78, 5) is 31.4. The molecule has 0 bridgehead atoms. The van der Waals surface area contributed by atoms with E-state index in [9.17, 15) is 9.59 Å². The molecule has 2 aromatic rings. The summed E-state index contributed by atoms with van der Waals surface area (Å²) in [6, 6.07) is 5.86. The number of nitrogens with zero attached hydrogens (tertiary/aromatic N) is 2. The van der Waals surface area contributed by atoms with E-state index in [1.165, 1.54) is 24.5 Å². The Hall–Kier alpha value is -3.00. The fraction of sp³-hybridized carbons (Fsp3) is 0.333. The van der Waals surface area contributed by atoms with Crippen molar-refractivity contribution in [2.24, 2.45) is 0 Å². The summed E-state index contributed by atoms with van der Waals surface area (Å²) in [5.74, 6) is -0.805. The van der Waals surface area contributed by atoms with Gasteiger partial charge in [0.25, 0.3) is 5.91 Å². The van der Waals surface area contributed by atoms with Crippen molar-refractivity contribution in [2.75, 3.05) is 13.2 Å². The minimum absolute atomic E-state index is 0.181. The molecule has 0 aliphatic carbocycles. The lowest BCUT2D eigenvalue weighted by Crippen LogP contribution is -2.51. The van der Waals surface area contributed by atoms with Crippen LogP contribution >= 0.6 is 0 Å². The molecule has 8 nitrogen and oxygen atoms in total. The molecule has 3 rings (SSSR count). The van der Waals surface area contributed by atoms with Crippen LogP contribution in [-0.4, -0.2) is 52.3 Å². The first-order valence-corrected chi connectivity index (χ1v) is 8.20. The summed E-state index contributed by atoms with van der Waals surface area (Å²) < 4.78 is 11.3. The van der Waals surface area contributed by atoms with Crippen LogP contribution in [0.2, 0.25) is 0 Å². The standard InChI is InChI=1S/C18H19N3O5/c1-11-8-20-15(9-19-11)17(22)21-14-6-7-25-10-16(14)26-13-4-2-12(3-5-13)18(23)24/h2-5,8-9,14,16H,6-7,10H2,1H3,(H,21,22)(H,23,24)/t14-,16-/m1/s1. The van der Waals surface area contributed by atoms with Gasteiger partial charge in [-0.3, -0.25) is 9.78 Å². The molecule has 26 heavy (non-hydrogen) atoms. The van der Waals surface area contributed by atoms with Crippen LogP contribution in [0.3, 0.4) is 0 Å². The van der Waals surface area contributed by atoms with E-state index in [1.54, 1.807) is 19.1 Å². The Bertz CT molecular complexity index is 776. The number of aromatic nitrogens is 2. The first kappa shape index (κ1) is 17.8. The fourth-order valence-corrected chi connectivity index (χ4v) is 2.60. The molecular weight excluding hydrogens is 338 g/mol. The number of amides is 1. The number of hydrogen-bond donors (Lipinski definition) is 2. The van der Waals surface area contributed by atoms with Crippen LogP contribution in [0.1, 0.15) is 33.0 Å². The van der Waals surface area contributed by atoms with E-state index in [-0.39, 0.29) is 29.3 Å². The van der Waals surface area contributed by atoms with E-state index in [4.69, 9.17) is 14.6 Å². The fourth-order valence-electron chi connectivity index (χ4n) is 2.60. The molecule has 1 fully saturated rings. The van der Waals surface area contributed by atoms with Gasteiger partial charge in [-0.25, -0.2) is 9.78 Å². The Morgan fingerprint density at radius 2 is 2.00 bits per heavy atom. The van der Waals surface area contributed by atoms with E-state index >= 15 is 0 Å². The Kier molecular flexibility index (Phi) is 5.43. The Labute approximate surface area is 150 Å². The normalized spacial score (nSPS) is 19.6. The van der Waals surface area contributed by atoms with Gasteiger partial charge in [0.1, 0.15) is 17.5 Å². The zero-order chi connectivity index (χ0) is 18.5. The molecule has 1 amide bonds. The second kappa shape index (κ2) is 7.92. The van der Waals surface area contributed by atoms with Gasteiger partial charge in [0.15, 0.2) is 0 Å². The van der Waals surface area contributed by atoms with Gasteiger partial charge >= 0.3 is 5.97 Å². The number of nitrogens with one attached hydrogen (secondary N) is 1. The monoisotopic (exact) mass is 357 g/mol. The Balaban J connectivity index is 1.66. The van der Waals surface area contributed by atoms with E-state index in [0.29, 0.717) is 25.4 Å². The molecule has 2 heterocycles. The average molecular weight is 357 g/mol. The third kappa shape index (κ3) is 4.34. The lowest BCUT2D eigenvalue weighted by Gasteiger charge is -2.32. The van der Waals surface area contributed by atoms with Crippen LogP contribution in [0.4, 0.5) is 0 Å². The van der Waals surface area contributed by atoms with Gasteiger partial charge in [-0.05, 0) is 37.6 Å². The van der Waals surface area contributed by atoms with Crippen molar-refractivity contribution in [1.29, 1.82) is 0 Å². The lowest BCUT2D eigenvalue weighted by molar-refractivity contribution is -0.0135. The number of carboxylic acid groups (broad SMARTS) is 1. The number of rotatable bonds is 5. The third-order valence-corrected chi connectivity index (χ3v) is 4.02. The quantitative estimate of drug-likeness (QED) is 0.833. The molecule has 0 unspecified atom stereocenters. The largest absolute Gasteiger partial charge is 0.486 e. The zero-order valence-corrected chi connectivity index (χ0v) is 14.2. The summed E-state index contributed by atoms with van der Waals surface area (Å²) in [6.07, 6.45) is 3.19. The average Bonchev–Trinajstić information content (AvgIpc) is 2.64. The van der Waals surface area contributed by atoms with Crippen LogP contribution in [0.15, 0.2) is 36.7 Å². The number of carbonyl (C=O) groups is 2. The highest BCUT2D eigenvalue weighted by Gasteiger charge is 2.29. The highest BCUT2D eigenvalue weighted by molar-refractivity contribution is 5.92. The van der Waals surface area contributed by atoms with Gasteiger partial charge < -0.3 is 19.9 Å². The van der Waals surface area contributed by atoms with Gasteiger partial charge in [0, 0.05) is 12.8 Å². The Morgan fingerprint density at radius 1 is 1.23 bits per heavy atom. The van der Waals surface area contributed by atoms with Crippen LogP contribution in [0, 0.1) is 6.92 Å². The maximum absolute atomic E-state index is 12.4. The number of aryl methyl sites for hydroxylation is 1. The number of carboxylic acids is 1. The van der Waals surface area contributed by atoms with Crippen LogP contribution in [0.25, 0.3) is 0 Å². The van der Waals surface area contributed by atoms with Crippen molar-refractivity contribution in [3.63, 3.8) is 0 Å². The maximum Gasteiger partial charge on any atom is 0.335 e. The molecule has 136 valence electrons. The molecule has 1 saturated heterocycles. The van der Waals surface area contributed by atoms with Crippen LogP contribution in [-0.2, 0) is 4.74 Å².